The first-order valence-electron chi connectivity index (χ1n) is 9.93. The Kier molecular flexibility index (Phi) is 9.82. The quantitative estimate of drug-likeness (QED) is 0.507. The second-order valence-corrected chi connectivity index (χ2v) is 8.84. The minimum absolute atomic E-state index is 0.0948. The minimum Gasteiger partial charge on any atom is -0.342 e. The summed E-state index contributed by atoms with van der Waals surface area (Å²) < 4.78 is 0.762. The Hall–Kier alpha value is -2.39. The number of hydrogen-bond acceptors (Lipinski definition) is 6. The first kappa shape index (κ1) is 23.9. The predicted molar refractivity (Wildman–Crippen MR) is 123 cm³/mol. The Bertz CT molecular complexity index is 863. The number of thiazole rings is 1. The summed E-state index contributed by atoms with van der Waals surface area (Å²) in [6, 6.07) is 6.99. The molecule has 1 heterocycles. The van der Waals surface area contributed by atoms with Crippen molar-refractivity contribution in [3.63, 3.8) is 0 Å². The fourth-order valence-electron chi connectivity index (χ4n) is 2.81. The molecule has 0 aliphatic carbocycles. The highest BCUT2D eigenvalue weighted by Gasteiger charge is 2.15. The number of carbonyl (C=O) groups is 3. The van der Waals surface area contributed by atoms with Crippen LogP contribution in [0.4, 0.5) is 11.4 Å². The maximum atomic E-state index is 12.5. The van der Waals surface area contributed by atoms with Gasteiger partial charge < -0.3 is 15.5 Å². The van der Waals surface area contributed by atoms with Crippen molar-refractivity contribution in [2.75, 3.05) is 29.5 Å². The second kappa shape index (κ2) is 12.3. The summed E-state index contributed by atoms with van der Waals surface area (Å²) >= 11 is 2.78. The van der Waals surface area contributed by atoms with Crippen molar-refractivity contribution in [2.24, 2.45) is 0 Å². The molecular formula is C21H28N4O3S2. The maximum absolute atomic E-state index is 12.5. The van der Waals surface area contributed by atoms with Crippen molar-refractivity contribution in [1.29, 1.82) is 0 Å². The predicted octanol–water partition coefficient (Wildman–Crippen LogP) is 4.02. The number of nitrogens with one attached hydrogen (secondary N) is 2. The van der Waals surface area contributed by atoms with Gasteiger partial charge in [0.25, 0.3) is 0 Å². The lowest BCUT2D eigenvalue weighted by Crippen LogP contribution is -2.33. The van der Waals surface area contributed by atoms with Gasteiger partial charge in [-0.1, -0.05) is 31.7 Å². The summed E-state index contributed by atoms with van der Waals surface area (Å²) in [5.41, 5.74) is 1.99. The molecule has 2 N–H and O–H groups in total. The van der Waals surface area contributed by atoms with E-state index < -0.39 is 0 Å². The summed E-state index contributed by atoms with van der Waals surface area (Å²) in [6.07, 6.45) is 2.17. The maximum Gasteiger partial charge on any atom is 0.234 e. The van der Waals surface area contributed by atoms with Crippen molar-refractivity contribution < 1.29 is 14.4 Å². The molecule has 7 nitrogen and oxygen atoms in total. The summed E-state index contributed by atoms with van der Waals surface area (Å²) in [6.45, 7) is 7.09. The Labute approximate surface area is 185 Å². The van der Waals surface area contributed by atoms with Gasteiger partial charge in [0.2, 0.25) is 17.7 Å². The van der Waals surface area contributed by atoms with E-state index in [1.165, 1.54) is 30.0 Å². The van der Waals surface area contributed by atoms with Crippen LogP contribution in [0.15, 0.2) is 34.0 Å². The third kappa shape index (κ3) is 8.16. The van der Waals surface area contributed by atoms with Crippen LogP contribution in [-0.2, 0) is 20.8 Å². The third-order valence-corrected chi connectivity index (χ3v) is 6.07. The van der Waals surface area contributed by atoms with Crippen LogP contribution in [0.1, 0.15) is 39.3 Å². The van der Waals surface area contributed by atoms with E-state index in [9.17, 15) is 14.4 Å². The van der Waals surface area contributed by atoms with Crippen LogP contribution >= 0.6 is 23.1 Å². The van der Waals surface area contributed by atoms with E-state index in [0.717, 1.165) is 36.0 Å². The zero-order chi connectivity index (χ0) is 21.9. The van der Waals surface area contributed by atoms with E-state index in [4.69, 9.17) is 0 Å². The molecule has 1 aromatic carbocycles. The summed E-state index contributed by atoms with van der Waals surface area (Å²) in [5, 5.41) is 7.38. The SMILES string of the molecule is CCCN(CCC)C(=O)Cc1csc(SCC(=O)Nc2cccc(NC(C)=O)c2)n1. The lowest BCUT2D eigenvalue weighted by Gasteiger charge is -2.20. The smallest absolute Gasteiger partial charge is 0.234 e. The molecule has 0 saturated carbocycles. The molecule has 0 aliphatic heterocycles. The summed E-state index contributed by atoms with van der Waals surface area (Å²) in [5.74, 6) is -0.0231. The highest BCUT2D eigenvalue weighted by atomic mass is 32.2. The van der Waals surface area contributed by atoms with Gasteiger partial charge in [0.05, 0.1) is 17.9 Å². The fraction of sp³-hybridized carbons (Fsp3) is 0.429. The molecule has 30 heavy (non-hydrogen) atoms. The molecule has 0 saturated heterocycles. The number of benzene rings is 1. The lowest BCUT2D eigenvalue weighted by molar-refractivity contribution is -0.130. The average Bonchev–Trinajstić information content (AvgIpc) is 3.13. The molecule has 0 unspecified atom stereocenters. The Morgan fingerprint density at radius 3 is 2.40 bits per heavy atom. The molecule has 162 valence electrons. The first-order chi connectivity index (χ1) is 14.4. The molecule has 0 radical (unpaired) electrons. The van der Waals surface area contributed by atoms with Crippen LogP contribution in [0.5, 0.6) is 0 Å². The molecule has 0 bridgehead atoms. The van der Waals surface area contributed by atoms with Gasteiger partial charge >= 0.3 is 0 Å². The van der Waals surface area contributed by atoms with E-state index in [1.54, 1.807) is 24.3 Å². The fourth-order valence-corrected chi connectivity index (χ4v) is 4.45. The average molecular weight is 449 g/mol. The van der Waals surface area contributed by atoms with E-state index in [1.807, 2.05) is 10.3 Å². The number of aromatic nitrogens is 1. The van der Waals surface area contributed by atoms with Crippen molar-refractivity contribution in [1.82, 2.24) is 9.88 Å². The number of hydrogen-bond donors (Lipinski definition) is 2. The van der Waals surface area contributed by atoms with Crippen LogP contribution in [0, 0.1) is 0 Å². The summed E-state index contributed by atoms with van der Waals surface area (Å²) in [4.78, 5) is 42.2. The normalized spacial score (nSPS) is 10.5. The molecule has 3 amide bonds. The van der Waals surface area contributed by atoms with Gasteiger partial charge in [-0.3, -0.25) is 14.4 Å². The topological polar surface area (TPSA) is 91.4 Å². The molecule has 9 heteroatoms. The van der Waals surface area contributed by atoms with E-state index in [-0.39, 0.29) is 23.5 Å². The van der Waals surface area contributed by atoms with Gasteiger partial charge in [-0.2, -0.15) is 0 Å². The number of thioether (sulfide) groups is 1. The Morgan fingerprint density at radius 2 is 1.77 bits per heavy atom. The number of anilines is 2. The van der Waals surface area contributed by atoms with E-state index >= 15 is 0 Å². The minimum atomic E-state index is -0.167. The zero-order valence-corrected chi connectivity index (χ0v) is 19.2. The number of rotatable bonds is 11. The molecule has 0 atom stereocenters. The molecule has 0 fully saturated rings. The van der Waals surface area contributed by atoms with Gasteiger partial charge in [0.1, 0.15) is 0 Å². The highest BCUT2D eigenvalue weighted by Crippen LogP contribution is 2.24. The largest absolute Gasteiger partial charge is 0.342 e. The van der Waals surface area contributed by atoms with Gasteiger partial charge in [0.15, 0.2) is 4.34 Å². The molecule has 2 aromatic rings. The van der Waals surface area contributed by atoms with Gasteiger partial charge in [-0.15, -0.1) is 11.3 Å². The van der Waals surface area contributed by atoms with Crippen molar-refractivity contribution in [3.05, 3.63) is 35.3 Å². The van der Waals surface area contributed by atoms with Crippen molar-refractivity contribution >= 4 is 52.2 Å². The molecule has 2 rings (SSSR count). The lowest BCUT2D eigenvalue weighted by atomic mass is 10.2. The van der Waals surface area contributed by atoms with Crippen molar-refractivity contribution in [3.8, 4) is 0 Å². The second-order valence-electron chi connectivity index (χ2n) is 6.76. The van der Waals surface area contributed by atoms with Crippen LogP contribution in [0.2, 0.25) is 0 Å². The molecule has 0 spiro atoms. The van der Waals surface area contributed by atoms with Crippen LogP contribution in [0.3, 0.4) is 0 Å². The van der Waals surface area contributed by atoms with E-state index in [2.05, 4.69) is 29.5 Å². The number of nitrogens with zero attached hydrogens (tertiary/aromatic N) is 2. The third-order valence-electron chi connectivity index (χ3n) is 4.00. The van der Waals surface area contributed by atoms with Crippen LogP contribution < -0.4 is 10.6 Å². The monoisotopic (exact) mass is 448 g/mol. The zero-order valence-electron chi connectivity index (χ0n) is 17.6. The van der Waals surface area contributed by atoms with E-state index in [0.29, 0.717) is 17.8 Å². The van der Waals surface area contributed by atoms with Gasteiger partial charge in [0, 0.05) is 36.8 Å². The van der Waals surface area contributed by atoms with Crippen LogP contribution in [0.25, 0.3) is 0 Å². The number of amides is 3. The van der Waals surface area contributed by atoms with Crippen molar-refractivity contribution in [2.45, 2.75) is 44.4 Å². The molecular weight excluding hydrogens is 420 g/mol. The van der Waals surface area contributed by atoms with Gasteiger partial charge in [-0.25, -0.2) is 4.98 Å². The highest BCUT2D eigenvalue weighted by molar-refractivity contribution is 8.01. The molecule has 0 aliphatic rings. The number of carbonyl (C=O) groups excluding carboxylic acids is 3. The first-order valence-corrected chi connectivity index (χ1v) is 11.8. The Balaban J connectivity index is 1.84. The standard InChI is InChI=1S/C21H28N4O3S2/c1-4-9-25(10-5-2)20(28)12-18-13-29-21(24-18)30-14-19(27)23-17-8-6-7-16(11-17)22-15(3)26/h6-8,11,13H,4-5,9-10,12,14H2,1-3H3,(H,22,26)(H,23,27). The molecule has 1 aromatic heterocycles. The Morgan fingerprint density at radius 1 is 1.10 bits per heavy atom. The summed E-state index contributed by atoms with van der Waals surface area (Å²) in [7, 11) is 0. The van der Waals surface area contributed by atoms with Crippen LogP contribution in [-0.4, -0.2) is 46.4 Å². The van der Waals surface area contributed by atoms with Gasteiger partial charge in [-0.05, 0) is 31.0 Å².